The Balaban J connectivity index is 2.49. The fraction of sp³-hybridized carbons (Fsp3) is 0.692. The van der Waals surface area contributed by atoms with Gasteiger partial charge in [0.25, 0.3) is 0 Å². The van der Waals surface area contributed by atoms with Gasteiger partial charge in [0.15, 0.2) is 0 Å². The van der Waals surface area contributed by atoms with Crippen LogP contribution in [0.5, 0.6) is 0 Å². The molecule has 1 heterocycles. The van der Waals surface area contributed by atoms with Crippen molar-refractivity contribution in [3.05, 3.63) is 23.7 Å². The Morgan fingerprint density at radius 3 is 2.62 bits per heavy atom. The monoisotopic (exact) mass is 241 g/mol. The summed E-state index contributed by atoms with van der Waals surface area (Å²) in [6.45, 7) is 9.73. The molecule has 0 saturated heterocycles. The van der Waals surface area contributed by atoms with E-state index in [0.29, 0.717) is 0 Å². The molecule has 0 amide bonds. The molecular weight excluding hydrogens is 218 g/mol. The van der Waals surface area contributed by atoms with E-state index in [2.05, 4.69) is 51.4 Å². The lowest BCUT2D eigenvalue weighted by atomic mass is 10.2. The van der Waals surface area contributed by atoms with E-state index < -0.39 is 0 Å². The molecule has 1 N–H and O–H groups in total. The first-order valence-electron chi connectivity index (χ1n) is 5.85. The Kier molecular flexibility index (Phi) is 4.93. The summed E-state index contributed by atoms with van der Waals surface area (Å²) in [6, 6.07) is 4.42. The Hall–Kier alpha value is -0.410. The van der Waals surface area contributed by atoms with Gasteiger partial charge in [-0.25, -0.2) is 0 Å². The third-order valence-electron chi connectivity index (χ3n) is 2.84. The van der Waals surface area contributed by atoms with Gasteiger partial charge in [-0.05, 0) is 39.2 Å². The first kappa shape index (κ1) is 13.7. The summed E-state index contributed by atoms with van der Waals surface area (Å²) in [5.74, 6) is 2.10. The molecule has 0 radical (unpaired) electrons. The van der Waals surface area contributed by atoms with Gasteiger partial charge in [-0.1, -0.05) is 6.92 Å². The maximum absolute atomic E-state index is 5.72. The second-order valence-corrected chi connectivity index (χ2v) is 6.24. The number of nitrogens with one attached hydrogen (secondary N) is 1. The van der Waals surface area contributed by atoms with Gasteiger partial charge in [0.05, 0.1) is 6.04 Å². The van der Waals surface area contributed by atoms with Crippen molar-refractivity contribution in [2.75, 3.05) is 12.8 Å². The molecule has 1 aromatic rings. The molecule has 2 nitrogen and oxygen atoms in total. The maximum atomic E-state index is 5.72. The Morgan fingerprint density at radius 2 is 2.12 bits per heavy atom. The summed E-state index contributed by atoms with van der Waals surface area (Å²) in [4.78, 5) is 0. The van der Waals surface area contributed by atoms with Crippen molar-refractivity contribution >= 4 is 11.8 Å². The second-order valence-electron chi connectivity index (χ2n) is 4.72. The number of thioether (sulfide) groups is 1. The third-order valence-corrected chi connectivity index (χ3v) is 4.09. The molecule has 0 aliphatic rings. The zero-order valence-electron chi connectivity index (χ0n) is 11.0. The van der Waals surface area contributed by atoms with Crippen molar-refractivity contribution in [2.24, 2.45) is 0 Å². The largest absolute Gasteiger partial charge is 0.464 e. The summed E-state index contributed by atoms with van der Waals surface area (Å²) >= 11 is 1.88. The van der Waals surface area contributed by atoms with Gasteiger partial charge in [-0.15, -0.1) is 0 Å². The molecular formula is C13H23NOS. The van der Waals surface area contributed by atoms with Crippen molar-refractivity contribution in [3.63, 3.8) is 0 Å². The minimum absolute atomic E-state index is 0.272. The zero-order valence-corrected chi connectivity index (χ0v) is 11.8. The van der Waals surface area contributed by atoms with E-state index >= 15 is 0 Å². The topological polar surface area (TPSA) is 25.2 Å². The standard InChI is InChI=1S/C13H23NOS/c1-6-11-7-8-12(15-11)10(2)14-9-13(3,4)16-5/h7-8,10,14H,6,9H2,1-5H3. The van der Waals surface area contributed by atoms with Crippen LogP contribution >= 0.6 is 11.8 Å². The van der Waals surface area contributed by atoms with Gasteiger partial charge in [0.2, 0.25) is 0 Å². The van der Waals surface area contributed by atoms with Gasteiger partial charge in [0.1, 0.15) is 11.5 Å². The van der Waals surface area contributed by atoms with E-state index in [9.17, 15) is 0 Å². The fourth-order valence-corrected chi connectivity index (χ4v) is 1.62. The Bertz CT molecular complexity index is 319. The molecule has 92 valence electrons. The summed E-state index contributed by atoms with van der Waals surface area (Å²) in [7, 11) is 0. The van der Waals surface area contributed by atoms with Crippen LogP contribution in [-0.2, 0) is 6.42 Å². The van der Waals surface area contributed by atoms with Crippen LogP contribution in [-0.4, -0.2) is 17.5 Å². The first-order valence-corrected chi connectivity index (χ1v) is 7.08. The van der Waals surface area contributed by atoms with Crippen LogP contribution in [0.4, 0.5) is 0 Å². The molecule has 1 atom stereocenters. The van der Waals surface area contributed by atoms with Crippen molar-refractivity contribution < 1.29 is 4.42 Å². The SMILES string of the molecule is CCc1ccc(C(C)NCC(C)(C)SC)o1. The maximum Gasteiger partial charge on any atom is 0.120 e. The molecule has 1 rings (SSSR count). The van der Waals surface area contributed by atoms with Crippen LogP contribution in [0.25, 0.3) is 0 Å². The minimum Gasteiger partial charge on any atom is -0.464 e. The van der Waals surface area contributed by atoms with Crippen molar-refractivity contribution in [3.8, 4) is 0 Å². The average Bonchev–Trinajstić information content (AvgIpc) is 2.74. The van der Waals surface area contributed by atoms with Crippen LogP contribution in [0.2, 0.25) is 0 Å². The number of rotatable bonds is 6. The lowest BCUT2D eigenvalue weighted by Gasteiger charge is -2.24. The van der Waals surface area contributed by atoms with E-state index in [4.69, 9.17) is 4.42 Å². The number of furan rings is 1. The van der Waals surface area contributed by atoms with Crippen LogP contribution in [0.15, 0.2) is 16.5 Å². The minimum atomic E-state index is 0.272. The van der Waals surface area contributed by atoms with Crippen molar-refractivity contribution in [2.45, 2.75) is 44.9 Å². The van der Waals surface area contributed by atoms with E-state index in [1.165, 1.54) is 0 Å². The lowest BCUT2D eigenvalue weighted by molar-refractivity contribution is 0.401. The van der Waals surface area contributed by atoms with Crippen LogP contribution in [0.3, 0.4) is 0 Å². The van der Waals surface area contributed by atoms with Gasteiger partial charge in [-0.2, -0.15) is 11.8 Å². The third kappa shape index (κ3) is 3.87. The first-order chi connectivity index (χ1) is 7.48. The predicted molar refractivity (Wildman–Crippen MR) is 72.1 cm³/mol. The predicted octanol–water partition coefficient (Wildman–Crippen LogP) is 3.63. The average molecular weight is 241 g/mol. The quantitative estimate of drug-likeness (QED) is 0.823. The highest BCUT2D eigenvalue weighted by Crippen LogP contribution is 2.22. The van der Waals surface area contributed by atoms with Gasteiger partial charge >= 0.3 is 0 Å². The van der Waals surface area contributed by atoms with Gasteiger partial charge in [-0.3, -0.25) is 0 Å². The lowest BCUT2D eigenvalue weighted by Crippen LogP contribution is -2.33. The molecule has 3 heteroatoms. The summed E-state index contributed by atoms with van der Waals surface area (Å²) in [5.41, 5.74) is 0. The zero-order chi connectivity index (χ0) is 12.2. The molecule has 0 saturated carbocycles. The van der Waals surface area contributed by atoms with Crippen molar-refractivity contribution in [1.29, 1.82) is 0 Å². The molecule has 0 bridgehead atoms. The molecule has 0 aromatic carbocycles. The van der Waals surface area contributed by atoms with Crippen LogP contribution in [0, 0.1) is 0 Å². The number of aryl methyl sites for hydroxylation is 1. The fourth-order valence-electron chi connectivity index (χ4n) is 1.39. The Morgan fingerprint density at radius 1 is 1.44 bits per heavy atom. The highest BCUT2D eigenvalue weighted by atomic mass is 32.2. The normalized spacial score (nSPS) is 14.1. The van der Waals surface area contributed by atoms with Crippen LogP contribution < -0.4 is 5.32 Å². The van der Waals surface area contributed by atoms with Crippen LogP contribution in [0.1, 0.15) is 45.3 Å². The highest BCUT2D eigenvalue weighted by Gasteiger charge is 2.18. The molecule has 0 aliphatic heterocycles. The molecule has 0 spiro atoms. The Labute approximate surface area is 103 Å². The summed E-state index contributed by atoms with van der Waals surface area (Å²) in [6.07, 6.45) is 3.11. The number of hydrogen-bond acceptors (Lipinski definition) is 3. The van der Waals surface area contributed by atoms with Gasteiger partial charge in [0, 0.05) is 17.7 Å². The van der Waals surface area contributed by atoms with E-state index in [-0.39, 0.29) is 10.8 Å². The summed E-state index contributed by atoms with van der Waals surface area (Å²) < 4.78 is 6.00. The smallest absolute Gasteiger partial charge is 0.120 e. The van der Waals surface area contributed by atoms with E-state index in [0.717, 1.165) is 24.5 Å². The second kappa shape index (κ2) is 5.78. The summed E-state index contributed by atoms with van der Waals surface area (Å²) in [5, 5.41) is 3.51. The van der Waals surface area contributed by atoms with Gasteiger partial charge < -0.3 is 9.73 Å². The number of hydrogen-bond donors (Lipinski definition) is 1. The molecule has 1 aromatic heterocycles. The highest BCUT2D eigenvalue weighted by molar-refractivity contribution is 7.99. The molecule has 0 aliphatic carbocycles. The molecule has 16 heavy (non-hydrogen) atoms. The van der Waals surface area contributed by atoms with E-state index in [1.54, 1.807) is 0 Å². The van der Waals surface area contributed by atoms with E-state index in [1.807, 2.05) is 11.8 Å². The molecule has 0 fully saturated rings. The molecule has 1 unspecified atom stereocenters. The van der Waals surface area contributed by atoms with Crippen molar-refractivity contribution in [1.82, 2.24) is 5.32 Å².